The summed E-state index contributed by atoms with van der Waals surface area (Å²) < 4.78 is 11.2. The van der Waals surface area contributed by atoms with E-state index in [0.717, 1.165) is 11.3 Å². The van der Waals surface area contributed by atoms with Gasteiger partial charge in [0.1, 0.15) is 11.5 Å². The molecule has 0 aliphatic carbocycles. The minimum atomic E-state index is -1.14. The Morgan fingerprint density at radius 1 is 1.50 bits per heavy atom. The van der Waals surface area contributed by atoms with Crippen LogP contribution < -0.4 is 5.32 Å². The lowest BCUT2D eigenvalue weighted by molar-refractivity contribution is 0.0691. The molecule has 0 radical (unpaired) electrons. The Morgan fingerprint density at radius 2 is 2.17 bits per heavy atom. The van der Waals surface area contributed by atoms with Gasteiger partial charge in [-0.2, -0.15) is 0 Å². The summed E-state index contributed by atoms with van der Waals surface area (Å²) >= 11 is 0.247. The first-order chi connectivity index (χ1) is 8.56. The van der Waals surface area contributed by atoms with Gasteiger partial charge in [-0.25, -0.2) is 9.78 Å². The van der Waals surface area contributed by atoms with Gasteiger partial charge in [0, 0.05) is 24.3 Å². The molecule has 18 heavy (non-hydrogen) atoms. The molecular weight excluding hydrogens is 276 g/mol. The molecule has 1 amide bonds. The number of nitrogens with one attached hydrogen (secondary N) is 1. The monoisotopic (exact) mass is 288 g/mol. The third-order valence-corrected chi connectivity index (χ3v) is 4.86. The van der Waals surface area contributed by atoms with Crippen molar-refractivity contribution in [3.8, 4) is 0 Å². The zero-order valence-corrected chi connectivity index (χ0v) is 11.1. The SMILES string of the molecule is O=C(O)c1csc(C(=O)NC2CC[S+]([O-])CC2)n1. The minimum Gasteiger partial charge on any atom is -0.616 e. The third-order valence-electron chi connectivity index (χ3n) is 2.64. The summed E-state index contributed by atoms with van der Waals surface area (Å²) in [6.07, 6.45) is 1.38. The Balaban J connectivity index is 1.93. The average molecular weight is 288 g/mol. The fraction of sp³-hybridized carbons (Fsp3) is 0.500. The largest absolute Gasteiger partial charge is 0.616 e. The maximum atomic E-state index is 11.8. The number of rotatable bonds is 3. The first-order valence-corrected chi connectivity index (χ1v) is 7.77. The van der Waals surface area contributed by atoms with Crippen molar-refractivity contribution in [1.29, 1.82) is 0 Å². The molecule has 1 saturated heterocycles. The molecule has 1 aromatic heterocycles. The molecule has 0 saturated carbocycles. The lowest BCUT2D eigenvalue weighted by Gasteiger charge is -2.24. The lowest BCUT2D eigenvalue weighted by Crippen LogP contribution is -2.40. The molecule has 98 valence electrons. The molecule has 1 aromatic rings. The maximum Gasteiger partial charge on any atom is 0.355 e. The van der Waals surface area contributed by atoms with Crippen molar-refractivity contribution >= 4 is 34.4 Å². The van der Waals surface area contributed by atoms with Gasteiger partial charge in [-0.15, -0.1) is 11.3 Å². The first-order valence-electron chi connectivity index (χ1n) is 5.41. The second kappa shape index (κ2) is 5.68. The molecule has 2 rings (SSSR count). The average Bonchev–Trinajstić information content (AvgIpc) is 2.81. The number of aromatic nitrogens is 1. The van der Waals surface area contributed by atoms with Crippen LogP contribution in [0, 0.1) is 0 Å². The quantitative estimate of drug-likeness (QED) is 0.788. The second-order valence-electron chi connectivity index (χ2n) is 3.94. The number of carboxylic acids is 1. The van der Waals surface area contributed by atoms with Crippen LogP contribution in [0.25, 0.3) is 0 Å². The molecule has 1 aliphatic heterocycles. The molecule has 2 heterocycles. The van der Waals surface area contributed by atoms with Gasteiger partial charge in [0.25, 0.3) is 5.91 Å². The van der Waals surface area contributed by atoms with Gasteiger partial charge in [-0.3, -0.25) is 4.79 Å². The zero-order chi connectivity index (χ0) is 13.1. The van der Waals surface area contributed by atoms with Crippen LogP contribution in [0.2, 0.25) is 0 Å². The molecule has 2 N–H and O–H groups in total. The molecule has 6 nitrogen and oxygen atoms in total. The summed E-state index contributed by atoms with van der Waals surface area (Å²) in [5.74, 6) is -0.296. The van der Waals surface area contributed by atoms with Crippen LogP contribution in [0.1, 0.15) is 33.1 Å². The Kier molecular flexibility index (Phi) is 4.20. The number of carboxylic acid groups (broad SMARTS) is 1. The van der Waals surface area contributed by atoms with E-state index in [1.807, 2.05) is 0 Å². The summed E-state index contributed by atoms with van der Waals surface area (Å²) in [5.41, 5.74) is -0.116. The molecule has 0 spiro atoms. The molecule has 8 heteroatoms. The fourth-order valence-electron chi connectivity index (χ4n) is 1.66. The van der Waals surface area contributed by atoms with Crippen molar-refractivity contribution in [3.05, 3.63) is 16.1 Å². The molecule has 0 bridgehead atoms. The van der Waals surface area contributed by atoms with Crippen molar-refractivity contribution in [1.82, 2.24) is 10.3 Å². The van der Waals surface area contributed by atoms with E-state index in [-0.39, 0.29) is 22.7 Å². The molecule has 0 atom stereocenters. The number of carbonyl (C=O) groups excluding carboxylic acids is 1. The zero-order valence-electron chi connectivity index (χ0n) is 9.42. The van der Waals surface area contributed by atoms with Gasteiger partial charge >= 0.3 is 5.97 Å². The molecule has 1 fully saturated rings. The Hall–Kier alpha value is -1.12. The number of hydrogen-bond donors (Lipinski definition) is 2. The van der Waals surface area contributed by atoms with Gasteiger partial charge < -0.3 is 15.0 Å². The number of amides is 1. The van der Waals surface area contributed by atoms with Crippen molar-refractivity contribution in [2.75, 3.05) is 11.5 Å². The molecule has 0 unspecified atom stereocenters. The highest BCUT2D eigenvalue weighted by molar-refractivity contribution is 7.91. The van der Waals surface area contributed by atoms with E-state index >= 15 is 0 Å². The van der Waals surface area contributed by atoms with E-state index in [0.29, 0.717) is 24.3 Å². The van der Waals surface area contributed by atoms with E-state index in [1.165, 1.54) is 5.38 Å². The highest BCUT2D eigenvalue weighted by Gasteiger charge is 2.24. The van der Waals surface area contributed by atoms with Crippen LogP contribution in [0.5, 0.6) is 0 Å². The van der Waals surface area contributed by atoms with E-state index in [9.17, 15) is 14.1 Å². The number of thiazole rings is 1. The number of nitrogens with zero attached hydrogens (tertiary/aromatic N) is 1. The van der Waals surface area contributed by atoms with Crippen LogP contribution in [-0.2, 0) is 11.2 Å². The van der Waals surface area contributed by atoms with Crippen LogP contribution >= 0.6 is 11.3 Å². The van der Waals surface area contributed by atoms with Gasteiger partial charge in [0.15, 0.2) is 10.7 Å². The van der Waals surface area contributed by atoms with Gasteiger partial charge in [0.2, 0.25) is 0 Å². The highest BCUT2D eigenvalue weighted by Crippen LogP contribution is 2.14. The van der Waals surface area contributed by atoms with Crippen LogP contribution in [0.4, 0.5) is 0 Å². The third kappa shape index (κ3) is 3.21. The van der Waals surface area contributed by atoms with E-state index in [4.69, 9.17) is 5.11 Å². The van der Waals surface area contributed by atoms with E-state index in [2.05, 4.69) is 10.3 Å². The Bertz CT molecular complexity index is 454. The van der Waals surface area contributed by atoms with Crippen molar-refractivity contribution < 1.29 is 19.2 Å². The van der Waals surface area contributed by atoms with Crippen LogP contribution in [0.15, 0.2) is 5.38 Å². The summed E-state index contributed by atoms with van der Waals surface area (Å²) in [5, 5.41) is 13.0. The normalized spacial score (nSPS) is 23.6. The van der Waals surface area contributed by atoms with Gasteiger partial charge in [-0.05, 0) is 0 Å². The van der Waals surface area contributed by atoms with Crippen LogP contribution in [-0.4, -0.2) is 44.1 Å². The lowest BCUT2D eigenvalue weighted by atomic mass is 10.1. The second-order valence-corrected chi connectivity index (χ2v) is 6.49. The van der Waals surface area contributed by atoms with E-state index in [1.54, 1.807) is 0 Å². The first kappa shape index (κ1) is 13.3. The van der Waals surface area contributed by atoms with Crippen molar-refractivity contribution in [2.45, 2.75) is 18.9 Å². The maximum absolute atomic E-state index is 11.8. The number of aromatic carboxylic acids is 1. The van der Waals surface area contributed by atoms with Crippen molar-refractivity contribution in [2.24, 2.45) is 0 Å². The van der Waals surface area contributed by atoms with Gasteiger partial charge in [0.05, 0.1) is 0 Å². The molecular formula is C10H12N2O4S2. The topological polar surface area (TPSA) is 102 Å². The Labute approximate surface area is 111 Å². The van der Waals surface area contributed by atoms with Gasteiger partial charge in [-0.1, -0.05) is 11.2 Å². The molecule has 1 aliphatic rings. The smallest absolute Gasteiger partial charge is 0.355 e. The summed E-state index contributed by atoms with van der Waals surface area (Å²) in [4.78, 5) is 26.2. The van der Waals surface area contributed by atoms with Crippen LogP contribution in [0.3, 0.4) is 0 Å². The predicted octanol–water partition coefficient (Wildman–Crippen LogP) is 0.482. The summed E-state index contributed by atoms with van der Waals surface area (Å²) in [6.45, 7) is 0. The standard InChI is InChI=1S/C10H12N2O4S2/c13-8(9-12-7(5-17-9)10(14)15)11-6-1-3-18(16)4-2-6/h5-6H,1-4H2,(H,11,13)(H,14,15). The number of carbonyl (C=O) groups is 2. The van der Waals surface area contributed by atoms with Crippen molar-refractivity contribution in [3.63, 3.8) is 0 Å². The molecule has 0 aromatic carbocycles. The summed E-state index contributed by atoms with van der Waals surface area (Å²) in [7, 11) is 0. The highest BCUT2D eigenvalue weighted by atomic mass is 32.2. The number of hydrogen-bond acceptors (Lipinski definition) is 5. The minimum absolute atomic E-state index is 0.00683. The summed E-state index contributed by atoms with van der Waals surface area (Å²) in [6, 6.07) is 0.00683. The fourth-order valence-corrected chi connectivity index (χ4v) is 3.65. The van der Waals surface area contributed by atoms with E-state index < -0.39 is 17.1 Å². The Morgan fingerprint density at radius 3 is 2.72 bits per heavy atom. The predicted molar refractivity (Wildman–Crippen MR) is 67.4 cm³/mol.